The van der Waals surface area contributed by atoms with Crippen LogP contribution in [0.5, 0.6) is 0 Å². The third-order valence-corrected chi connectivity index (χ3v) is 3.33. The summed E-state index contributed by atoms with van der Waals surface area (Å²) in [5.41, 5.74) is 5.86. The van der Waals surface area contributed by atoms with Gasteiger partial charge in [-0.05, 0) is 37.1 Å². The van der Waals surface area contributed by atoms with Gasteiger partial charge in [-0.15, -0.1) is 12.4 Å². The number of hydrogen-bond donors (Lipinski definition) is 2. The molecule has 0 spiro atoms. The molecule has 0 saturated heterocycles. The van der Waals surface area contributed by atoms with Gasteiger partial charge < -0.3 is 10.6 Å². The SMILES string of the molecule is Cc1ncncc1Nc1cccc2c1CNCC2.Cl. The minimum atomic E-state index is 0. The number of aryl methyl sites for hydroxylation is 1. The van der Waals surface area contributed by atoms with Crippen molar-refractivity contribution in [2.75, 3.05) is 11.9 Å². The van der Waals surface area contributed by atoms with Gasteiger partial charge in [-0.3, -0.25) is 0 Å². The first-order valence-electron chi connectivity index (χ1n) is 6.20. The molecule has 0 bridgehead atoms. The number of anilines is 2. The highest BCUT2D eigenvalue weighted by molar-refractivity contribution is 5.85. The molecule has 1 aliphatic heterocycles. The monoisotopic (exact) mass is 276 g/mol. The predicted octanol–water partition coefficient (Wildman–Crippen LogP) is 2.60. The zero-order valence-electron chi connectivity index (χ0n) is 10.8. The van der Waals surface area contributed by atoms with Gasteiger partial charge in [-0.25, -0.2) is 9.97 Å². The molecule has 1 aromatic heterocycles. The van der Waals surface area contributed by atoms with E-state index in [0.29, 0.717) is 0 Å². The highest BCUT2D eigenvalue weighted by atomic mass is 35.5. The molecule has 0 atom stereocenters. The lowest BCUT2D eigenvalue weighted by atomic mass is 9.99. The normalized spacial score (nSPS) is 13.3. The van der Waals surface area contributed by atoms with Crippen LogP contribution < -0.4 is 10.6 Å². The molecule has 0 saturated carbocycles. The van der Waals surface area contributed by atoms with Gasteiger partial charge in [0.15, 0.2) is 0 Å². The fraction of sp³-hybridized carbons (Fsp3) is 0.286. The maximum absolute atomic E-state index is 4.20. The van der Waals surface area contributed by atoms with Crippen molar-refractivity contribution in [3.05, 3.63) is 47.5 Å². The van der Waals surface area contributed by atoms with Crippen LogP contribution in [0, 0.1) is 6.92 Å². The quantitative estimate of drug-likeness (QED) is 0.885. The van der Waals surface area contributed by atoms with Crippen molar-refractivity contribution in [2.24, 2.45) is 0 Å². The van der Waals surface area contributed by atoms with E-state index in [1.807, 2.05) is 13.1 Å². The molecule has 0 unspecified atom stereocenters. The van der Waals surface area contributed by atoms with Crippen molar-refractivity contribution in [3.8, 4) is 0 Å². The third kappa shape index (κ3) is 2.85. The van der Waals surface area contributed by atoms with Gasteiger partial charge >= 0.3 is 0 Å². The molecule has 100 valence electrons. The molecule has 5 heteroatoms. The number of hydrogen-bond acceptors (Lipinski definition) is 4. The number of benzene rings is 1. The Morgan fingerprint density at radius 3 is 3.00 bits per heavy atom. The van der Waals surface area contributed by atoms with E-state index in [0.717, 1.165) is 36.6 Å². The molecule has 3 rings (SSSR count). The van der Waals surface area contributed by atoms with Crippen LogP contribution in [0.4, 0.5) is 11.4 Å². The Labute approximate surface area is 119 Å². The standard InChI is InChI=1S/C14H16N4.ClH/c1-10-14(8-16-9-17-10)18-13-4-2-3-11-5-6-15-7-12(11)13;/h2-4,8-9,15,18H,5-7H2,1H3;1H. The second-order valence-corrected chi connectivity index (χ2v) is 4.52. The summed E-state index contributed by atoms with van der Waals surface area (Å²) in [6, 6.07) is 6.42. The molecule has 1 aromatic carbocycles. The fourth-order valence-corrected chi connectivity index (χ4v) is 2.29. The topological polar surface area (TPSA) is 49.8 Å². The van der Waals surface area contributed by atoms with E-state index in [9.17, 15) is 0 Å². The average Bonchev–Trinajstić information content (AvgIpc) is 2.42. The van der Waals surface area contributed by atoms with E-state index in [1.54, 1.807) is 6.33 Å². The van der Waals surface area contributed by atoms with Gasteiger partial charge in [0.1, 0.15) is 6.33 Å². The molecule has 4 nitrogen and oxygen atoms in total. The van der Waals surface area contributed by atoms with Gasteiger partial charge in [0, 0.05) is 12.2 Å². The van der Waals surface area contributed by atoms with Crippen LogP contribution in [-0.2, 0) is 13.0 Å². The Morgan fingerprint density at radius 2 is 2.16 bits per heavy atom. The zero-order chi connectivity index (χ0) is 12.4. The number of rotatable bonds is 2. The molecule has 0 aliphatic carbocycles. The first-order chi connectivity index (χ1) is 8.84. The summed E-state index contributed by atoms with van der Waals surface area (Å²) in [5.74, 6) is 0. The predicted molar refractivity (Wildman–Crippen MR) is 79.2 cm³/mol. The van der Waals surface area contributed by atoms with Crippen LogP contribution in [-0.4, -0.2) is 16.5 Å². The van der Waals surface area contributed by atoms with Crippen molar-refractivity contribution >= 4 is 23.8 Å². The van der Waals surface area contributed by atoms with Crippen LogP contribution in [0.25, 0.3) is 0 Å². The van der Waals surface area contributed by atoms with Crippen molar-refractivity contribution < 1.29 is 0 Å². The van der Waals surface area contributed by atoms with Gasteiger partial charge in [0.25, 0.3) is 0 Å². The molecule has 1 aliphatic rings. The Hall–Kier alpha value is -1.65. The van der Waals surface area contributed by atoms with Crippen LogP contribution in [0.1, 0.15) is 16.8 Å². The smallest absolute Gasteiger partial charge is 0.115 e. The lowest BCUT2D eigenvalue weighted by Gasteiger charge is -2.21. The van der Waals surface area contributed by atoms with Crippen molar-refractivity contribution in [3.63, 3.8) is 0 Å². The molecule has 0 amide bonds. The molecule has 19 heavy (non-hydrogen) atoms. The van der Waals surface area contributed by atoms with E-state index in [2.05, 4.69) is 38.8 Å². The Bertz CT molecular complexity index is 571. The van der Waals surface area contributed by atoms with Crippen molar-refractivity contribution in [1.29, 1.82) is 0 Å². The summed E-state index contributed by atoms with van der Waals surface area (Å²) in [6.45, 7) is 3.97. The second kappa shape index (κ2) is 5.99. The lowest BCUT2D eigenvalue weighted by molar-refractivity contribution is 0.645. The first kappa shape index (κ1) is 13.8. The zero-order valence-corrected chi connectivity index (χ0v) is 11.6. The van der Waals surface area contributed by atoms with E-state index in [4.69, 9.17) is 0 Å². The second-order valence-electron chi connectivity index (χ2n) is 4.52. The summed E-state index contributed by atoms with van der Waals surface area (Å²) in [6.07, 6.45) is 4.48. The number of fused-ring (bicyclic) bond motifs is 1. The van der Waals surface area contributed by atoms with Gasteiger partial charge in [-0.1, -0.05) is 12.1 Å². The minimum absolute atomic E-state index is 0. The van der Waals surface area contributed by atoms with E-state index in [-0.39, 0.29) is 12.4 Å². The largest absolute Gasteiger partial charge is 0.353 e. The van der Waals surface area contributed by atoms with E-state index in [1.165, 1.54) is 11.1 Å². The summed E-state index contributed by atoms with van der Waals surface area (Å²) in [5, 5.41) is 6.85. The van der Waals surface area contributed by atoms with Crippen LogP contribution >= 0.6 is 12.4 Å². The Balaban J connectivity index is 0.00000133. The van der Waals surface area contributed by atoms with Crippen molar-refractivity contribution in [2.45, 2.75) is 19.9 Å². The summed E-state index contributed by atoms with van der Waals surface area (Å²) < 4.78 is 0. The molecule has 0 fully saturated rings. The highest BCUT2D eigenvalue weighted by Crippen LogP contribution is 2.26. The van der Waals surface area contributed by atoms with Crippen LogP contribution in [0.15, 0.2) is 30.7 Å². The molecule has 2 N–H and O–H groups in total. The van der Waals surface area contributed by atoms with Crippen molar-refractivity contribution in [1.82, 2.24) is 15.3 Å². The molecule has 2 aromatic rings. The van der Waals surface area contributed by atoms with E-state index >= 15 is 0 Å². The summed E-state index contributed by atoms with van der Waals surface area (Å²) >= 11 is 0. The molecular weight excluding hydrogens is 260 g/mol. The number of nitrogens with zero attached hydrogens (tertiary/aromatic N) is 2. The molecule has 2 heterocycles. The Kier molecular flexibility index (Phi) is 4.35. The van der Waals surface area contributed by atoms with Gasteiger partial charge in [0.05, 0.1) is 17.6 Å². The van der Waals surface area contributed by atoms with E-state index < -0.39 is 0 Å². The maximum Gasteiger partial charge on any atom is 0.115 e. The maximum atomic E-state index is 4.20. The number of aromatic nitrogens is 2. The summed E-state index contributed by atoms with van der Waals surface area (Å²) in [7, 11) is 0. The first-order valence-corrected chi connectivity index (χ1v) is 6.20. The van der Waals surface area contributed by atoms with Gasteiger partial charge in [0.2, 0.25) is 0 Å². The van der Waals surface area contributed by atoms with Gasteiger partial charge in [-0.2, -0.15) is 0 Å². The van der Waals surface area contributed by atoms with Crippen LogP contribution in [0.2, 0.25) is 0 Å². The van der Waals surface area contributed by atoms with Crippen LogP contribution in [0.3, 0.4) is 0 Å². The highest BCUT2D eigenvalue weighted by Gasteiger charge is 2.12. The average molecular weight is 277 g/mol. The summed E-state index contributed by atoms with van der Waals surface area (Å²) in [4.78, 5) is 8.26. The third-order valence-electron chi connectivity index (χ3n) is 3.33. The number of halogens is 1. The lowest BCUT2D eigenvalue weighted by Crippen LogP contribution is -2.24. The minimum Gasteiger partial charge on any atom is -0.353 e. The molecule has 0 radical (unpaired) electrons. The Morgan fingerprint density at radius 1 is 1.26 bits per heavy atom. The molecular formula is C14H17ClN4. The fourth-order valence-electron chi connectivity index (χ4n) is 2.29. The number of nitrogens with one attached hydrogen (secondary N) is 2.